The lowest BCUT2D eigenvalue weighted by molar-refractivity contribution is 0.249. The minimum atomic E-state index is -0.318. The summed E-state index contributed by atoms with van der Waals surface area (Å²) in [5, 5.41) is 8.09. The summed E-state index contributed by atoms with van der Waals surface area (Å²) in [5.74, 6) is 0.817. The minimum absolute atomic E-state index is 0.279. The predicted octanol–water partition coefficient (Wildman–Crippen LogP) is 1.59. The van der Waals surface area contributed by atoms with Gasteiger partial charge in [0.05, 0.1) is 7.11 Å². The van der Waals surface area contributed by atoms with E-state index in [9.17, 15) is 4.39 Å². The van der Waals surface area contributed by atoms with Crippen molar-refractivity contribution < 1.29 is 9.13 Å². The van der Waals surface area contributed by atoms with Gasteiger partial charge in [-0.25, -0.2) is 9.37 Å². The van der Waals surface area contributed by atoms with Gasteiger partial charge >= 0.3 is 0 Å². The number of rotatable bonds is 4. The predicted molar refractivity (Wildman–Crippen MR) is 91.2 cm³/mol. The smallest absolute Gasteiger partial charge is 0.203 e. The van der Waals surface area contributed by atoms with Gasteiger partial charge in [0.1, 0.15) is 6.33 Å². The first-order valence-corrected chi connectivity index (χ1v) is 8.18. The van der Waals surface area contributed by atoms with Gasteiger partial charge in [0, 0.05) is 45.1 Å². The van der Waals surface area contributed by atoms with Crippen LogP contribution < -0.4 is 9.64 Å². The number of hydrogen-bond donors (Lipinski definition) is 0. The highest BCUT2D eigenvalue weighted by molar-refractivity contribution is 5.63. The number of aromatic nitrogens is 4. The highest BCUT2D eigenvalue weighted by Crippen LogP contribution is 2.21. The van der Waals surface area contributed by atoms with Crippen molar-refractivity contribution in [3.05, 3.63) is 48.3 Å². The summed E-state index contributed by atoms with van der Waals surface area (Å²) < 4.78 is 20.7. The summed E-state index contributed by atoms with van der Waals surface area (Å²) in [6.07, 6.45) is 5.28. The molecule has 7 nitrogen and oxygen atoms in total. The van der Waals surface area contributed by atoms with Gasteiger partial charge in [-0.3, -0.25) is 9.30 Å². The second-order valence-corrected chi connectivity index (χ2v) is 6.04. The van der Waals surface area contributed by atoms with E-state index >= 15 is 0 Å². The molecule has 0 bridgehead atoms. The number of benzene rings is 1. The third kappa shape index (κ3) is 3.12. The number of hydrogen-bond acceptors (Lipinski definition) is 6. The van der Waals surface area contributed by atoms with Crippen molar-refractivity contribution in [3.8, 4) is 5.75 Å². The van der Waals surface area contributed by atoms with Crippen LogP contribution in [-0.4, -0.2) is 57.8 Å². The number of ether oxygens (including phenoxy) is 1. The molecule has 8 heteroatoms. The van der Waals surface area contributed by atoms with E-state index in [2.05, 4.69) is 25.0 Å². The van der Waals surface area contributed by atoms with E-state index in [4.69, 9.17) is 4.74 Å². The Morgan fingerprint density at radius 1 is 1.20 bits per heavy atom. The first-order chi connectivity index (χ1) is 12.2. The van der Waals surface area contributed by atoms with Crippen LogP contribution in [0.5, 0.6) is 5.75 Å². The number of nitrogens with zero attached hydrogens (tertiary/aromatic N) is 6. The first-order valence-electron chi connectivity index (χ1n) is 8.18. The van der Waals surface area contributed by atoms with Crippen molar-refractivity contribution in [1.29, 1.82) is 0 Å². The average Bonchev–Trinajstić information content (AvgIpc) is 3.11. The lowest BCUT2D eigenvalue weighted by Crippen LogP contribution is -2.46. The van der Waals surface area contributed by atoms with Crippen molar-refractivity contribution in [2.75, 3.05) is 38.2 Å². The molecule has 1 aliphatic rings. The average molecular weight is 342 g/mol. The van der Waals surface area contributed by atoms with Gasteiger partial charge in [-0.2, -0.15) is 0 Å². The monoisotopic (exact) mass is 342 g/mol. The fourth-order valence-electron chi connectivity index (χ4n) is 3.15. The molecule has 0 aliphatic carbocycles. The van der Waals surface area contributed by atoms with Crippen molar-refractivity contribution in [3.63, 3.8) is 0 Å². The van der Waals surface area contributed by atoms with Gasteiger partial charge in [-0.15, -0.1) is 10.2 Å². The van der Waals surface area contributed by atoms with Gasteiger partial charge in [-0.05, 0) is 17.7 Å². The van der Waals surface area contributed by atoms with Crippen molar-refractivity contribution >= 4 is 11.5 Å². The van der Waals surface area contributed by atoms with Gasteiger partial charge in [0.2, 0.25) is 5.65 Å². The van der Waals surface area contributed by atoms with Crippen LogP contribution in [0.4, 0.5) is 10.2 Å². The number of piperazine rings is 1. The molecule has 0 N–H and O–H groups in total. The van der Waals surface area contributed by atoms with Crippen LogP contribution in [0, 0.1) is 5.82 Å². The van der Waals surface area contributed by atoms with Gasteiger partial charge in [-0.1, -0.05) is 6.07 Å². The summed E-state index contributed by atoms with van der Waals surface area (Å²) in [7, 11) is 1.47. The molecule has 2 aromatic heterocycles. The highest BCUT2D eigenvalue weighted by Gasteiger charge is 2.21. The Morgan fingerprint density at radius 2 is 2.04 bits per heavy atom. The Morgan fingerprint density at radius 3 is 2.80 bits per heavy atom. The number of halogens is 1. The zero-order valence-corrected chi connectivity index (χ0v) is 14.0. The van der Waals surface area contributed by atoms with Gasteiger partial charge < -0.3 is 9.64 Å². The minimum Gasteiger partial charge on any atom is -0.494 e. The molecule has 0 saturated carbocycles. The van der Waals surface area contributed by atoms with E-state index in [1.807, 2.05) is 16.7 Å². The quantitative estimate of drug-likeness (QED) is 0.718. The van der Waals surface area contributed by atoms with Crippen LogP contribution >= 0.6 is 0 Å². The van der Waals surface area contributed by atoms with Crippen LogP contribution in [0.3, 0.4) is 0 Å². The summed E-state index contributed by atoms with van der Waals surface area (Å²) in [6.45, 7) is 4.17. The molecule has 1 saturated heterocycles. The zero-order chi connectivity index (χ0) is 17.2. The van der Waals surface area contributed by atoms with Gasteiger partial charge in [0.25, 0.3) is 0 Å². The molecule has 0 radical (unpaired) electrons. The maximum Gasteiger partial charge on any atom is 0.203 e. The Labute approximate surface area is 144 Å². The maximum atomic E-state index is 13.8. The van der Waals surface area contributed by atoms with Crippen molar-refractivity contribution in [2.24, 2.45) is 0 Å². The highest BCUT2D eigenvalue weighted by atomic mass is 19.1. The summed E-state index contributed by atoms with van der Waals surface area (Å²) in [4.78, 5) is 8.99. The van der Waals surface area contributed by atoms with Crippen LogP contribution in [0.15, 0.2) is 36.9 Å². The molecule has 0 atom stereocenters. The van der Waals surface area contributed by atoms with E-state index in [-0.39, 0.29) is 11.6 Å². The molecule has 0 spiro atoms. The molecule has 1 aliphatic heterocycles. The third-order valence-corrected chi connectivity index (χ3v) is 4.49. The molecule has 1 aromatic carbocycles. The van der Waals surface area contributed by atoms with Crippen molar-refractivity contribution in [1.82, 2.24) is 24.5 Å². The molecule has 1 fully saturated rings. The van der Waals surface area contributed by atoms with Crippen LogP contribution in [0.2, 0.25) is 0 Å². The van der Waals surface area contributed by atoms with E-state index < -0.39 is 0 Å². The largest absolute Gasteiger partial charge is 0.494 e. The maximum absolute atomic E-state index is 13.8. The fraction of sp³-hybridized carbons (Fsp3) is 0.353. The topological polar surface area (TPSA) is 58.8 Å². The zero-order valence-electron chi connectivity index (χ0n) is 14.0. The Bertz CT molecular complexity index is 874. The van der Waals surface area contributed by atoms with Crippen molar-refractivity contribution in [2.45, 2.75) is 6.54 Å². The number of methoxy groups -OCH3 is 1. The van der Waals surface area contributed by atoms with Gasteiger partial charge in [0.15, 0.2) is 17.4 Å². The molecule has 0 amide bonds. The normalized spacial score (nSPS) is 15.7. The summed E-state index contributed by atoms with van der Waals surface area (Å²) >= 11 is 0. The van der Waals surface area contributed by atoms with E-state index in [1.54, 1.807) is 24.7 Å². The molecule has 3 aromatic rings. The SMILES string of the molecule is COc1ccc(CN2CCN(c3nccn4cnnc34)CC2)cc1F. The van der Waals surface area contributed by atoms with E-state index in [0.29, 0.717) is 0 Å². The third-order valence-electron chi connectivity index (χ3n) is 4.49. The van der Waals surface area contributed by atoms with E-state index in [0.717, 1.165) is 49.8 Å². The van der Waals surface area contributed by atoms with E-state index in [1.165, 1.54) is 7.11 Å². The summed E-state index contributed by atoms with van der Waals surface area (Å²) in [6, 6.07) is 5.13. The molecule has 0 unspecified atom stereocenters. The molecule has 25 heavy (non-hydrogen) atoms. The number of anilines is 1. The first kappa shape index (κ1) is 15.8. The molecular weight excluding hydrogens is 323 g/mol. The lowest BCUT2D eigenvalue weighted by atomic mass is 10.2. The Hall–Kier alpha value is -2.74. The second kappa shape index (κ2) is 6.64. The van der Waals surface area contributed by atoms with Crippen LogP contribution in [0.25, 0.3) is 5.65 Å². The molecule has 4 rings (SSSR count). The summed E-state index contributed by atoms with van der Waals surface area (Å²) in [5.41, 5.74) is 1.72. The number of fused-ring (bicyclic) bond motifs is 1. The molecule has 3 heterocycles. The molecular formula is C17H19FN6O. The molecule has 130 valence electrons. The lowest BCUT2D eigenvalue weighted by Gasteiger charge is -2.35. The standard InChI is InChI=1S/C17H19FN6O/c1-25-15-3-2-13(10-14(15)18)11-22-6-8-23(9-7-22)16-17-21-20-12-24(17)5-4-19-16/h2-5,10,12H,6-9,11H2,1H3. The Balaban J connectivity index is 1.41. The Kier molecular flexibility index (Phi) is 4.19. The van der Waals surface area contributed by atoms with Crippen LogP contribution in [0.1, 0.15) is 5.56 Å². The fourth-order valence-corrected chi connectivity index (χ4v) is 3.15. The second-order valence-electron chi connectivity index (χ2n) is 6.04. The van der Waals surface area contributed by atoms with Crippen LogP contribution in [-0.2, 0) is 6.54 Å².